The van der Waals surface area contributed by atoms with E-state index in [0.29, 0.717) is 12.4 Å². The molecule has 3 unspecified atom stereocenters. The number of hydrogen-bond donors (Lipinski definition) is 2. The van der Waals surface area contributed by atoms with Crippen LogP contribution in [0.25, 0.3) is 0 Å². The number of hydrogen-bond acceptors (Lipinski definition) is 4. The highest BCUT2D eigenvalue weighted by atomic mass is 79.9. The number of carbonyl (C=O) groups is 2. The van der Waals surface area contributed by atoms with Crippen LogP contribution in [0.15, 0.2) is 33.7 Å². The van der Waals surface area contributed by atoms with Crippen molar-refractivity contribution in [2.24, 2.45) is 16.1 Å². The zero-order valence-corrected chi connectivity index (χ0v) is 17.8. The molecule has 27 heavy (non-hydrogen) atoms. The number of nitrogens with one attached hydrogen (secondary N) is 1. The lowest BCUT2D eigenvalue weighted by molar-refractivity contribution is -0.134. The second-order valence-corrected chi connectivity index (χ2v) is 9.48. The van der Waals surface area contributed by atoms with Gasteiger partial charge in [0.2, 0.25) is 5.91 Å². The number of rotatable bonds is 3. The summed E-state index contributed by atoms with van der Waals surface area (Å²) in [7, 11) is 0. The Hall–Kier alpha value is -1.73. The minimum absolute atomic E-state index is 0.0841. The fraction of sp³-hybridized carbons (Fsp3) is 0.550. The zero-order valence-electron chi connectivity index (χ0n) is 16.3. The number of amides is 2. The van der Waals surface area contributed by atoms with E-state index in [1.165, 1.54) is 0 Å². The highest BCUT2D eigenvalue weighted by molar-refractivity contribution is 9.10. The molecule has 0 saturated carbocycles. The summed E-state index contributed by atoms with van der Waals surface area (Å²) in [6, 6.07) is 6.76. The van der Waals surface area contributed by atoms with E-state index >= 15 is 0 Å². The third-order valence-electron chi connectivity index (χ3n) is 5.48. The molecule has 7 heteroatoms. The minimum Gasteiger partial charge on any atom is -0.331 e. The van der Waals surface area contributed by atoms with Crippen LogP contribution in [0.5, 0.6) is 0 Å². The Labute approximate surface area is 168 Å². The normalized spacial score (nSPS) is 26.7. The molecule has 3 atom stereocenters. The maximum atomic E-state index is 12.9. The molecule has 0 bridgehead atoms. The van der Waals surface area contributed by atoms with Crippen molar-refractivity contribution in [2.75, 3.05) is 6.54 Å². The van der Waals surface area contributed by atoms with Crippen LogP contribution in [0.1, 0.15) is 46.1 Å². The van der Waals surface area contributed by atoms with Crippen LogP contribution in [0.3, 0.4) is 0 Å². The molecule has 0 spiro atoms. The Morgan fingerprint density at radius 2 is 2.00 bits per heavy atom. The number of nitrogens with two attached hydrogens (primary N) is 1. The van der Waals surface area contributed by atoms with Crippen molar-refractivity contribution < 1.29 is 9.59 Å². The first kappa shape index (κ1) is 20.0. The molecule has 1 aromatic carbocycles. The number of aliphatic imine (C=N–C) groups is 1. The van der Waals surface area contributed by atoms with Gasteiger partial charge in [0, 0.05) is 11.0 Å². The molecule has 1 aromatic rings. The van der Waals surface area contributed by atoms with Gasteiger partial charge in [-0.15, -0.1) is 0 Å². The van der Waals surface area contributed by atoms with Gasteiger partial charge in [0.1, 0.15) is 5.84 Å². The molecule has 1 saturated heterocycles. The van der Waals surface area contributed by atoms with Crippen molar-refractivity contribution >= 4 is 33.6 Å². The molecular weight excluding hydrogens is 408 g/mol. The molecule has 0 radical (unpaired) electrons. The molecule has 0 aromatic heterocycles. The van der Waals surface area contributed by atoms with Crippen molar-refractivity contribution in [3.8, 4) is 0 Å². The number of amidine groups is 1. The van der Waals surface area contributed by atoms with Crippen LogP contribution in [0, 0.1) is 5.41 Å². The highest BCUT2D eigenvalue weighted by Crippen LogP contribution is 2.33. The van der Waals surface area contributed by atoms with Crippen molar-refractivity contribution in [1.29, 1.82) is 0 Å². The van der Waals surface area contributed by atoms with Crippen LogP contribution >= 0.6 is 15.9 Å². The third kappa shape index (κ3) is 3.67. The molecule has 3 rings (SSSR count). The van der Waals surface area contributed by atoms with Crippen LogP contribution in [0.2, 0.25) is 0 Å². The number of nitrogens with zero attached hydrogens (tertiary/aromatic N) is 2. The second-order valence-electron chi connectivity index (χ2n) is 8.56. The van der Waals surface area contributed by atoms with Crippen molar-refractivity contribution in [1.82, 2.24) is 10.2 Å². The molecule has 0 aliphatic carbocycles. The molecular formula is C20H27BrN4O2. The Morgan fingerprint density at radius 1 is 1.37 bits per heavy atom. The molecule has 2 heterocycles. The topological polar surface area (TPSA) is 87.8 Å². The summed E-state index contributed by atoms with van der Waals surface area (Å²) in [4.78, 5) is 32.2. The van der Waals surface area contributed by atoms with Crippen LogP contribution < -0.4 is 11.1 Å². The summed E-state index contributed by atoms with van der Waals surface area (Å²) in [5, 5.41) is 2.93. The second kappa shape index (κ2) is 7.02. The van der Waals surface area contributed by atoms with E-state index in [2.05, 4.69) is 21.2 Å². The lowest BCUT2D eigenvalue weighted by atomic mass is 9.86. The standard InChI is InChI=1S/C20H27BrN4O2/c1-19(2,3)15(22)17(26)25-11-5-6-14(25)16-23-18(27)20(4,24-16)12-7-9-13(21)10-8-12/h7-10,14-15H,5-6,11,22H2,1-4H3,(H,23,24,27). The predicted molar refractivity (Wildman–Crippen MR) is 109 cm³/mol. The number of likely N-dealkylation sites (tertiary alicyclic amines) is 1. The summed E-state index contributed by atoms with van der Waals surface area (Å²) in [6.07, 6.45) is 1.65. The first-order valence-electron chi connectivity index (χ1n) is 9.27. The van der Waals surface area contributed by atoms with Gasteiger partial charge < -0.3 is 16.0 Å². The number of carbonyl (C=O) groups excluding carboxylic acids is 2. The quantitative estimate of drug-likeness (QED) is 0.765. The lowest BCUT2D eigenvalue weighted by Gasteiger charge is -2.33. The van der Waals surface area contributed by atoms with Crippen molar-refractivity contribution in [3.05, 3.63) is 34.3 Å². The summed E-state index contributed by atoms with van der Waals surface area (Å²) in [5.74, 6) is 0.316. The predicted octanol–water partition coefficient (Wildman–Crippen LogP) is 2.56. The fourth-order valence-electron chi connectivity index (χ4n) is 3.55. The van der Waals surface area contributed by atoms with Crippen LogP contribution in [0.4, 0.5) is 0 Å². The summed E-state index contributed by atoms with van der Waals surface area (Å²) < 4.78 is 0.946. The van der Waals surface area contributed by atoms with Gasteiger partial charge in [0.15, 0.2) is 5.54 Å². The van der Waals surface area contributed by atoms with E-state index in [0.717, 1.165) is 22.9 Å². The Morgan fingerprint density at radius 3 is 2.59 bits per heavy atom. The summed E-state index contributed by atoms with van der Waals surface area (Å²) >= 11 is 3.41. The monoisotopic (exact) mass is 434 g/mol. The van der Waals surface area contributed by atoms with Gasteiger partial charge in [-0.2, -0.15) is 0 Å². The van der Waals surface area contributed by atoms with Crippen LogP contribution in [-0.2, 0) is 15.1 Å². The number of benzene rings is 1. The average Bonchev–Trinajstić information content (AvgIpc) is 3.19. The van der Waals surface area contributed by atoms with Gasteiger partial charge >= 0.3 is 0 Å². The SMILES string of the molecule is CC1(c2ccc(Br)cc2)N=C(C2CCCN2C(=O)C(N)C(C)(C)C)NC1=O. The molecule has 2 amide bonds. The first-order chi connectivity index (χ1) is 12.5. The zero-order chi connectivity index (χ0) is 20.0. The third-order valence-corrected chi connectivity index (χ3v) is 6.01. The van der Waals surface area contributed by atoms with Gasteiger partial charge in [-0.3, -0.25) is 9.59 Å². The van der Waals surface area contributed by atoms with Crippen molar-refractivity contribution in [2.45, 2.75) is 58.2 Å². The highest BCUT2D eigenvalue weighted by Gasteiger charge is 2.46. The smallest absolute Gasteiger partial charge is 0.257 e. The maximum Gasteiger partial charge on any atom is 0.257 e. The molecule has 1 fully saturated rings. The summed E-state index contributed by atoms with van der Waals surface area (Å²) in [6.45, 7) is 8.32. The van der Waals surface area contributed by atoms with Crippen molar-refractivity contribution in [3.63, 3.8) is 0 Å². The summed E-state index contributed by atoms with van der Waals surface area (Å²) in [5.41, 5.74) is 5.71. The number of halogens is 1. The Bertz CT molecular complexity index is 784. The van der Waals surface area contributed by atoms with E-state index in [1.54, 1.807) is 11.8 Å². The average molecular weight is 435 g/mol. The first-order valence-corrected chi connectivity index (χ1v) is 10.1. The van der Waals surface area contributed by atoms with Gasteiger partial charge in [0.05, 0.1) is 12.1 Å². The Balaban J connectivity index is 1.88. The van der Waals surface area contributed by atoms with Gasteiger partial charge in [0.25, 0.3) is 5.91 Å². The lowest BCUT2D eigenvalue weighted by Crippen LogP contribution is -2.54. The van der Waals surface area contributed by atoms with E-state index in [1.807, 2.05) is 45.0 Å². The molecule has 6 nitrogen and oxygen atoms in total. The van der Waals surface area contributed by atoms with E-state index < -0.39 is 11.6 Å². The van der Waals surface area contributed by atoms with Gasteiger partial charge in [-0.25, -0.2) is 4.99 Å². The van der Waals surface area contributed by atoms with Gasteiger partial charge in [-0.05, 0) is 42.9 Å². The minimum atomic E-state index is -0.987. The molecule has 3 N–H and O–H groups in total. The Kier molecular flexibility index (Phi) is 5.20. The largest absolute Gasteiger partial charge is 0.331 e. The molecule has 2 aliphatic rings. The molecule has 2 aliphatic heterocycles. The van der Waals surface area contributed by atoms with Gasteiger partial charge in [-0.1, -0.05) is 48.8 Å². The van der Waals surface area contributed by atoms with E-state index in [9.17, 15) is 9.59 Å². The maximum absolute atomic E-state index is 12.9. The fourth-order valence-corrected chi connectivity index (χ4v) is 3.81. The molecule has 146 valence electrons. The van der Waals surface area contributed by atoms with Crippen LogP contribution in [-0.4, -0.2) is 41.2 Å². The van der Waals surface area contributed by atoms with E-state index in [4.69, 9.17) is 10.7 Å². The van der Waals surface area contributed by atoms with E-state index in [-0.39, 0.29) is 23.3 Å².